The van der Waals surface area contributed by atoms with Gasteiger partial charge in [-0.3, -0.25) is 14.9 Å². The monoisotopic (exact) mass is 452 g/mol. The van der Waals surface area contributed by atoms with Crippen LogP contribution in [0.3, 0.4) is 0 Å². The van der Waals surface area contributed by atoms with Crippen molar-refractivity contribution in [3.63, 3.8) is 0 Å². The first-order chi connectivity index (χ1) is 15.9. The van der Waals surface area contributed by atoms with Crippen molar-refractivity contribution in [2.45, 2.75) is 25.5 Å². The van der Waals surface area contributed by atoms with Crippen molar-refractivity contribution in [3.8, 4) is 17.0 Å². The van der Waals surface area contributed by atoms with Gasteiger partial charge in [-0.15, -0.1) is 0 Å². The van der Waals surface area contributed by atoms with E-state index in [0.29, 0.717) is 22.2 Å². The first kappa shape index (κ1) is 21.0. The largest absolute Gasteiger partial charge is 0.488 e. The third-order valence-electron chi connectivity index (χ3n) is 5.46. The Balaban J connectivity index is 1.44. The average Bonchev–Trinajstić information content (AvgIpc) is 3.45. The zero-order valence-electron chi connectivity index (χ0n) is 17.6. The van der Waals surface area contributed by atoms with E-state index in [1.54, 1.807) is 19.2 Å². The number of hydrogen-bond acceptors (Lipinski definition) is 4. The number of H-pyrrole nitrogens is 1. The molecule has 1 N–H and O–H groups in total. The molecule has 0 bridgehead atoms. The predicted molar refractivity (Wildman–Crippen MR) is 115 cm³/mol. The molecule has 2 aromatic heterocycles. The number of aromatic nitrogens is 3. The first-order valence-electron chi connectivity index (χ1n) is 10.4. The molecule has 1 aliphatic rings. The molecule has 2 heterocycles. The molecule has 1 saturated carbocycles. The highest BCUT2D eigenvalue weighted by Crippen LogP contribution is 2.35. The molecule has 1 aliphatic carbocycles. The number of rotatable bonds is 6. The van der Waals surface area contributed by atoms with Crippen molar-refractivity contribution in [2.24, 2.45) is 0 Å². The molecular weight excluding hydrogens is 433 g/mol. The van der Waals surface area contributed by atoms with Crippen molar-refractivity contribution in [2.75, 3.05) is 7.05 Å². The number of pyridine rings is 1. The molecule has 2 aromatic carbocycles. The zero-order valence-corrected chi connectivity index (χ0v) is 17.6. The fraction of sp³-hybridized carbons (Fsp3) is 0.208. The van der Waals surface area contributed by atoms with Crippen molar-refractivity contribution in [3.05, 3.63) is 77.4 Å². The normalized spacial score (nSPS) is 13.3. The van der Waals surface area contributed by atoms with Gasteiger partial charge in [0.2, 0.25) is 0 Å². The molecule has 1 amide bonds. The molecular formula is C24H19F3N4O2. The molecule has 33 heavy (non-hydrogen) atoms. The molecule has 0 spiro atoms. The van der Waals surface area contributed by atoms with Crippen LogP contribution in [0.25, 0.3) is 22.2 Å². The number of carbonyl (C=O) groups is 1. The van der Waals surface area contributed by atoms with Crippen LogP contribution < -0.4 is 4.74 Å². The summed E-state index contributed by atoms with van der Waals surface area (Å²) in [6, 6.07) is 7.59. The number of amides is 1. The number of carbonyl (C=O) groups excluding carboxylic acids is 1. The van der Waals surface area contributed by atoms with Gasteiger partial charge in [0.25, 0.3) is 5.91 Å². The molecule has 1 fully saturated rings. The van der Waals surface area contributed by atoms with E-state index in [9.17, 15) is 18.0 Å². The SMILES string of the molecule is CN(Cc1ccc(F)c2cn[nH]c12)C(=O)c1cnc(-c2cc(F)cc(F)c2)c(OC2CC2)c1. The van der Waals surface area contributed by atoms with Crippen molar-refractivity contribution in [1.29, 1.82) is 0 Å². The number of nitrogens with zero attached hydrogens (tertiary/aromatic N) is 3. The second-order valence-corrected chi connectivity index (χ2v) is 8.07. The molecule has 0 radical (unpaired) electrons. The molecule has 0 atom stereocenters. The molecule has 0 unspecified atom stereocenters. The van der Waals surface area contributed by atoms with Crippen molar-refractivity contribution >= 4 is 16.8 Å². The topological polar surface area (TPSA) is 71.1 Å². The van der Waals surface area contributed by atoms with Crippen LogP contribution in [0.15, 0.2) is 48.8 Å². The highest BCUT2D eigenvalue weighted by atomic mass is 19.1. The van der Waals surface area contributed by atoms with Gasteiger partial charge in [-0.2, -0.15) is 5.10 Å². The lowest BCUT2D eigenvalue weighted by molar-refractivity contribution is 0.0784. The van der Waals surface area contributed by atoms with Crippen LogP contribution in [-0.2, 0) is 6.54 Å². The fourth-order valence-corrected chi connectivity index (χ4v) is 3.66. The van der Waals surface area contributed by atoms with Gasteiger partial charge in [0.1, 0.15) is 28.9 Å². The standard InChI is InChI=1S/C24H19F3N4O2/c1-31(12-13-2-5-20(27)19-11-29-30-22(13)19)24(32)15-8-21(33-18-3-4-18)23(28-10-15)14-6-16(25)9-17(26)7-14/h2,5-11,18H,3-4,12H2,1H3,(H,29,30). The summed E-state index contributed by atoms with van der Waals surface area (Å²) in [5.41, 5.74) is 1.97. The van der Waals surface area contributed by atoms with Gasteiger partial charge in [0, 0.05) is 31.4 Å². The lowest BCUT2D eigenvalue weighted by atomic mass is 10.1. The van der Waals surface area contributed by atoms with Crippen LogP contribution in [-0.4, -0.2) is 39.1 Å². The van der Waals surface area contributed by atoms with Gasteiger partial charge < -0.3 is 9.64 Å². The molecule has 6 nitrogen and oxygen atoms in total. The van der Waals surface area contributed by atoms with E-state index in [-0.39, 0.29) is 35.4 Å². The van der Waals surface area contributed by atoms with E-state index in [0.717, 1.165) is 18.9 Å². The summed E-state index contributed by atoms with van der Waals surface area (Å²) in [5.74, 6) is -1.90. The van der Waals surface area contributed by atoms with E-state index >= 15 is 0 Å². The van der Waals surface area contributed by atoms with E-state index < -0.39 is 17.5 Å². The Bertz CT molecular complexity index is 1350. The lowest BCUT2D eigenvalue weighted by Crippen LogP contribution is -2.26. The number of ether oxygens (including phenoxy) is 1. The highest BCUT2D eigenvalue weighted by Gasteiger charge is 2.26. The maximum atomic E-state index is 13.9. The average molecular weight is 452 g/mol. The minimum atomic E-state index is -0.728. The third kappa shape index (κ3) is 4.26. The number of halogens is 3. The van der Waals surface area contributed by atoms with E-state index in [1.165, 1.54) is 35.5 Å². The number of fused-ring (bicyclic) bond motifs is 1. The highest BCUT2D eigenvalue weighted by molar-refractivity contribution is 5.95. The fourth-order valence-electron chi connectivity index (χ4n) is 3.66. The minimum absolute atomic E-state index is 0.0140. The van der Waals surface area contributed by atoms with Crippen LogP contribution in [0.5, 0.6) is 5.75 Å². The van der Waals surface area contributed by atoms with Crippen molar-refractivity contribution < 1.29 is 22.7 Å². The zero-order chi connectivity index (χ0) is 23.1. The molecule has 4 aromatic rings. The Hall–Kier alpha value is -3.88. The van der Waals surface area contributed by atoms with Crippen LogP contribution in [0.1, 0.15) is 28.8 Å². The Morgan fingerprint density at radius 3 is 2.61 bits per heavy atom. The molecule has 168 valence electrons. The number of aromatic amines is 1. The first-order valence-corrected chi connectivity index (χ1v) is 10.4. The van der Waals surface area contributed by atoms with E-state index in [4.69, 9.17) is 4.74 Å². The second-order valence-electron chi connectivity index (χ2n) is 8.07. The Morgan fingerprint density at radius 1 is 1.12 bits per heavy atom. The van der Waals surface area contributed by atoms with Gasteiger partial charge in [-0.05, 0) is 42.7 Å². The summed E-state index contributed by atoms with van der Waals surface area (Å²) in [6.45, 7) is 0.202. The Kier molecular flexibility index (Phi) is 5.24. The summed E-state index contributed by atoms with van der Waals surface area (Å²) in [7, 11) is 1.62. The quantitative estimate of drug-likeness (QED) is 0.454. The lowest BCUT2D eigenvalue weighted by Gasteiger charge is -2.19. The molecule has 5 rings (SSSR count). The Labute approximate surface area is 187 Å². The van der Waals surface area contributed by atoms with Crippen LogP contribution >= 0.6 is 0 Å². The van der Waals surface area contributed by atoms with Crippen LogP contribution in [0.2, 0.25) is 0 Å². The number of benzene rings is 2. The van der Waals surface area contributed by atoms with E-state index in [1.807, 2.05) is 0 Å². The molecule has 0 aliphatic heterocycles. The van der Waals surface area contributed by atoms with Crippen LogP contribution in [0, 0.1) is 17.5 Å². The van der Waals surface area contributed by atoms with Gasteiger partial charge in [0.15, 0.2) is 0 Å². The smallest absolute Gasteiger partial charge is 0.255 e. The number of nitrogens with one attached hydrogen (secondary N) is 1. The number of hydrogen-bond donors (Lipinski definition) is 1. The third-order valence-corrected chi connectivity index (χ3v) is 5.46. The van der Waals surface area contributed by atoms with Gasteiger partial charge in [-0.1, -0.05) is 6.07 Å². The summed E-state index contributed by atoms with van der Waals surface area (Å²) in [5, 5.41) is 6.99. The summed E-state index contributed by atoms with van der Waals surface area (Å²) in [4.78, 5) is 18.9. The summed E-state index contributed by atoms with van der Waals surface area (Å²) < 4.78 is 47.3. The van der Waals surface area contributed by atoms with Gasteiger partial charge in [-0.25, -0.2) is 13.2 Å². The second kappa shape index (κ2) is 8.23. The van der Waals surface area contributed by atoms with Gasteiger partial charge in [0.05, 0.1) is 28.8 Å². The molecule has 0 saturated heterocycles. The molecule has 9 heteroatoms. The van der Waals surface area contributed by atoms with Crippen LogP contribution in [0.4, 0.5) is 13.2 Å². The Morgan fingerprint density at radius 2 is 1.88 bits per heavy atom. The van der Waals surface area contributed by atoms with Gasteiger partial charge >= 0.3 is 0 Å². The predicted octanol–water partition coefficient (Wildman–Crippen LogP) is 4.86. The van der Waals surface area contributed by atoms with Crippen molar-refractivity contribution in [1.82, 2.24) is 20.1 Å². The maximum absolute atomic E-state index is 13.9. The minimum Gasteiger partial charge on any atom is -0.488 e. The maximum Gasteiger partial charge on any atom is 0.255 e. The summed E-state index contributed by atoms with van der Waals surface area (Å²) >= 11 is 0. The summed E-state index contributed by atoms with van der Waals surface area (Å²) in [6.07, 6.45) is 4.46. The van der Waals surface area contributed by atoms with E-state index in [2.05, 4.69) is 15.2 Å².